The summed E-state index contributed by atoms with van der Waals surface area (Å²) < 4.78 is 10.6. The number of carboxylic acids is 1. The van der Waals surface area contributed by atoms with E-state index in [1.807, 2.05) is 6.92 Å². The van der Waals surface area contributed by atoms with Crippen molar-refractivity contribution >= 4 is 11.9 Å². The van der Waals surface area contributed by atoms with Crippen molar-refractivity contribution in [2.24, 2.45) is 5.92 Å². The first kappa shape index (κ1) is 13.7. The van der Waals surface area contributed by atoms with Crippen LogP contribution < -0.4 is 14.6 Å². The number of ether oxygens (including phenoxy) is 2. The maximum absolute atomic E-state index is 12.1. The molecule has 2 heterocycles. The third-order valence-corrected chi connectivity index (χ3v) is 4.09. The summed E-state index contributed by atoms with van der Waals surface area (Å²) in [6.45, 7) is 2.46. The van der Waals surface area contributed by atoms with Gasteiger partial charge in [0.05, 0.1) is 6.04 Å². The number of carbonyl (C=O) groups is 2. The lowest BCUT2D eigenvalue weighted by atomic mass is 9.84. The van der Waals surface area contributed by atoms with Crippen molar-refractivity contribution in [3.8, 4) is 11.5 Å². The molecular weight excluding hydrogens is 274 g/mol. The highest BCUT2D eigenvalue weighted by molar-refractivity contribution is 5.81. The average molecular weight is 290 g/mol. The van der Waals surface area contributed by atoms with E-state index in [9.17, 15) is 14.7 Å². The summed E-state index contributed by atoms with van der Waals surface area (Å²) >= 11 is 0. The number of carboxylic acid groups (broad SMARTS) is 1. The quantitative estimate of drug-likeness (QED) is 0.808. The first-order chi connectivity index (χ1) is 10.1. The van der Waals surface area contributed by atoms with Crippen LogP contribution in [0.25, 0.3) is 0 Å². The van der Waals surface area contributed by atoms with Crippen molar-refractivity contribution in [2.75, 3.05) is 13.3 Å². The Balaban J connectivity index is 2.01. The molecule has 21 heavy (non-hydrogen) atoms. The second-order valence-electron chi connectivity index (χ2n) is 5.20. The van der Waals surface area contributed by atoms with Crippen LogP contribution in [-0.2, 0) is 9.59 Å². The predicted molar refractivity (Wildman–Crippen MR) is 70.4 cm³/mol. The van der Waals surface area contributed by atoms with Gasteiger partial charge in [0.25, 0.3) is 0 Å². The molecule has 2 atom stereocenters. The van der Waals surface area contributed by atoms with Gasteiger partial charge >= 0.3 is 0 Å². The molecule has 6 nitrogen and oxygen atoms in total. The smallest absolute Gasteiger partial charge is 0.231 e. The Morgan fingerprint density at radius 1 is 1.38 bits per heavy atom. The normalized spacial score (nSPS) is 24.2. The molecule has 0 aromatic heterocycles. The Bertz CT molecular complexity index is 583. The highest BCUT2D eigenvalue weighted by Crippen LogP contribution is 2.40. The largest absolute Gasteiger partial charge is 0.550 e. The van der Waals surface area contributed by atoms with Crippen molar-refractivity contribution in [1.82, 2.24) is 4.90 Å². The van der Waals surface area contributed by atoms with Gasteiger partial charge in [-0.3, -0.25) is 4.79 Å². The van der Waals surface area contributed by atoms with Gasteiger partial charge in [-0.2, -0.15) is 0 Å². The van der Waals surface area contributed by atoms with Gasteiger partial charge in [-0.15, -0.1) is 0 Å². The molecule has 2 aliphatic rings. The van der Waals surface area contributed by atoms with E-state index in [0.717, 1.165) is 5.56 Å². The zero-order chi connectivity index (χ0) is 15.0. The van der Waals surface area contributed by atoms with E-state index in [1.54, 1.807) is 23.1 Å². The van der Waals surface area contributed by atoms with Gasteiger partial charge < -0.3 is 24.3 Å². The fourth-order valence-corrected chi connectivity index (χ4v) is 3.08. The molecule has 1 aromatic rings. The highest BCUT2D eigenvalue weighted by atomic mass is 16.7. The molecule has 0 saturated carbocycles. The third kappa shape index (κ3) is 2.30. The summed E-state index contributed by atoms with van der Waals surface area (Å²) in [5, 5.41) is 11.4. The Hall–Kier alpha value is -2.24. The summed E-state index contributed by atoms with van der Waals surface area (Å²) in [4.78, 5) is 25.1. The molecule has 0 unspecified atom stereocenters. The standard InChI is InChI=1S/C15H17NO5/c1-2-16-13(17)6-4-10(15(18)19)14(16)9-3-5-11-12(7-9)21-8-20-11/h3,5,7,10,14H,2,4,6,8H2,1H3,(H,18,19)/p-1/t10-,14+/m0/s1. The van der Waals surface area contributed by atoms with Crippen LogP contribution in [0.15, 0.2) is 18.2 Å². The van der Waals surface area contributed by atoms with E-state index < -0.39 is 17.9 Å². The topological polar surface area (TPSA) is 78.9 Å². The molecule has 0 spiro atoms. The number of carbonyl (C=O) groups excluding carboxylic acids is 2. The van der Waals surface area contributed by atoms with Crippen molar-refractivity contribution in [2.45, 2.75) is 25.8 Å². The summed E-state index contributed by atoms with van der Waals surface area (Å²) in [6, 6.07) is 4.77. The van der Waals surface area contributed by atoms with Crippen LogP contribution in [0.5, 0.6) is 11.5 Å². The lowest BCUT2D eigenvalue weighted by molar-refractivity contribution is -0.314. The number of benzene rings is 1. The van der Waals surface area contributed by atoms with Gasteiger partial charge in [0.15, 0.2) is 11.5 Å². The molecule has 1 aromatic carbocycles. The van der Waals surface area contributed by atoms with E-state index >= 15 is 0 Å². The summed E-state index contributed by atoms with van der Waals surface area (Å²) in [5.41, 5.74) is 0.739. The lowest BCUT2D eigenvalue weighted by Crippen LogP contribution is -2.48. The molecule has 112 valence electrons. The number of amides is 1. The van der Waals surface area contributed by atoms with Crippen molar-refractivity contribution in [1.29, 1.82) is 0 Å². The molecule has 0 bridgehead atoms. The van der Waals surface area contributed by atoms with Gasteiger partial charge in [0, 0.05) is 24.9 Å². The fourth-order valence-electron chi connectivity index (χ4n) is 3.08. The van der Waals surface area contributed by atoms with E-state index in [-0.39, 0.29) is 19.1 Å². The molecule has 1 saturated heterocycles. The van der Waals surface area contributed by atoms with Gasteiger partial charge in [-0.1, -0.05) is 6.07 Å². The predicted octanol–water partition coefficient (Wildman–Crippen LogP) is 0.465. The second kappa shape index (κ2) is 5.27. The minimum atomic E-state index is -1.12. The number of rotatable bonds is 3. The molecular formula is C15H16NO5-. The van der Waals surface area contributed by atoms with Crippen LogP contribution in [0.3, 0.4) is 0 Å². The Labute approximate surface area is 122 Å². The van der Waals surface area contributed by atoms with Gasteiger partial charge in [0.2, 0.25) is 12.7 Å². The number of aliphatic carboxylic acids is 1. The van der Waals surface area contributed by atoms with E-state index in [0.29, 0.717) is 24.5 Å². The number of likely N-dealkylation sites (tertiary alicyclic amines) is 1. The van der Waals surface area contributed by atoms with Crippen molar-refractivity contribution in [3.05, 3.63) is 23.8 Å². The SMILES string of the molecule is CCN1C(=O)CC[C@H](C(=O)[O-])[C@H]1c1ccc2c(c1)OCO2. The van der Waals surface area contributed by atoms with E-state index in [4.69, 9.17) is 9.47 Å². The highest BCUT2D eigenvalue weighted by Gasteiger charge is 2.37. The third-order valence-electron chi connectivity index (χ3n) is 4.09. The molecule has 1 fully saturated rings. The van der Waals surface area contributed by atoms with Crippen LogP contribution in [0.2, 0.25) is 0 Å². The summed E-state index contributed by atoms with van der Waals surface area (Å²) in [6.07, 6.45) is 0.546. The molecule has 0 radical (unpaired) electrons. The zero-order valence-corrected chi connectivity index (χ0v) is 11.7. The van der Waals surface area contributed by atoms with Crippen molar-refractivity contribution in [3.63, 3.8) is 0 Å². The molecule has 1 amide bonds. The Kier molecular flexibility index (Phi) is 3.45. The number of piperidine rings is 1. The lowest BCUT2D eigenvalue weighted by Gasteiger charge is -2.41. The molecule has 0 aliphatic carbocycles. The Morgan fingerprint density at radius 2 is 2.14 bits per heavy atom. The van der Waals surface area contributed by atoms with Gasteiger partial charge in [-0.25, -0.2) is 0 Å². The molecule has 2 aliphatic heterocycles. The summed E-state index contributed by atoms with van der Waals surface area (Å²) in [5.74, 6) is -0.642. The minimum Gasteiger partial charge on any atom is -0.550 e. The van der Waals surface area contributed by atoms with Crippen LogP contribution in [-0.4, -0.2) is 30.1 Å². The van der Waals surface area contributed by atoms with Crippen LogP contribution >= 0.6 is 0 Å². The number of fused-ring (bicyclic) bond motifs is 1. The maximum atomic E-state index is 12.1. The van der Waals surface area contributed by atoms with Gasteiger partial charge in [0.1, 0.15) is 0 Å². The van der Waals surface area contributed by atoms with E-state index in [2.05, 4.69) is 0 Å². The monoisotopic (exact) mass is 290 g/mol. The van der Waals surface area contributed by atoms with E-state index in [1.165, 1.54) is 0 Å². The average Bonchev–Trinajstić information content (AvgIpc) is 2.93. The van der Waals surface area contributed by atoms with Gasteiger partial charge in [-0.05, 0) is 31.0 Å². The molecule has 6 heteroatoms. The molecule has 3 rings (SSSR count). The summed E-state index contributed by atoms with van der Waals surface area (Å²) in [7, 11) is 0. The first-order valence-electron chi connectivity index (χ1n) is 7.01. The number of hydrogen-bond acceptors (Lipinski definition) is 5. The maximum Gasteiger partial charge on any atom is 0.231 e. The number of nitrogens with zero attached hydrogens (tertiary/aromatic N) is 1. The fraction of sp³-hybridized carbons (Fsp3) is 0.467. The van der Waals surface area contributed by atoms with Crippen molar-refractivity contribution < 1.29 is 24.2 Å². The first-order valence-corrected chi connectivity index (χ1v) is 7.01. The Morgan fingerprint density at radius 3 is 2.86 bits per heavy atom. The van der Waals surface area contributed by atoms with Crippen LogP contribution in [0, 0.1) is 5.92 Å². The van der Waals surface area contributed by atoms with Crippen LogP contribution in [0.4, 0.5) is 0 Å². The number of hydrogen-bond donors (Lipinski definition) is 0. The zero-order valence-electron chi connectivity index (χ0n) is 11.7. The second-order valence-corrected chi connectivity index (χ2v) is 5.20. The minimum absolute atomic E-state index is 0.0299. The van der Waals surface area contributed by atoms with Crippen LogP contribution in [0.1, 0.15) is 31.4 Å². The molecule has 0 N–H and O–H groups in total.